The Hall–Kier alpha value is -12.8. The van der Waals surface area contributed by atoms with Crippen LogP contribution >= 0.6 is 0 Å². The first-order valence-corrected chi connectivity index (χ1v) is 38.8. The number of aromatic nitrogens is 12. The highest BCUT2D eigenvalue weighted by molar-refractivity contribution is 7.95. The van der Waals surface area contributed by atoms with Gasteiger partial charge in [0.25, 0.3) is 10.0 Å². The first-order valence-electron chi connectivity index (χ1n) is 35.8. The lowest BCUT2D eigenvalue weighted by Gasteiger charge is -2.31. The molecule has 0 radical (unpaired) electrons. The zero-order chi connectivity index (χ0) is 78.5. The number of hydrogen-bond acceptors (Lipinski definition) is 23. The van der Waals surface area contributed by atoms with Crippen LogP contribution in [0, 0.1) is 0 Å². The number of sulfonamides is 2. The summed E-state index contributed by atoms with van der Waals surface area (Å²) in [5.74, 6) is 3.66. The summed E-state index contributed by atoms with van der Waals surface area (Å²) in [6.07, 6.45) is 7.77. The number of nitrogens with zero attached hydrogens (tertiary/aromatic N) is 16. The van der Waals surface area contributed by atoms with E-state index in [0.29, 0.717) is 173 Å². The van der Waals surface area contributed by atoms with E-state index in [2.05, 4.69) is 91.7 Å². The molecular weight excluding hydrogens is 1480 g/mol. The molecule has 4 aliphatic heterocycles. The summed E-state index contributed by atoms with van der Waals surface area (Å²) in [5.41, 5.74) is 8.83. The van der Waals surface area contributed by atoms with Crippen molar-refractivity contribution in [2.75, 3.05) is 154 Å². The summed E-state index contributed by atoms with van der Waals surface area (Å²) in [6, 6.07) is 35.2. The Kier molecular flexibility index (Phi) is 24.1. The maximum atomic E-state index is 12.2. The fraction of sp³-hybridized carbons (Fsp3) is 0.267. The van der Waals surface area contributed by atoms with E-state index in [1.807, 2.05) is 53.2 Å². The summed E-state index contributed by atoms with van der Waals surface area (Å²) < 4.78 is 73.9. The first kappa shape index (κ1) is 77.4. The monoisotopic (exact) mass is 1560 g/mol. The summed E-state index contributed by atoms with van der Waals surface area (Å²) in [7, 11) is -2.37. The van der Waals surface area contributed by atoms with Crippen LogP contribution < -0.4 is 56.6 Å². The second kappa shape index (κ2) is 34.8. The van der Waals surface area contributed by atoms with Crippen molar-refractivity contribution in [2.45, 2.75) is 18.9 Å². The highest BCUT2D eigenvalue weighted by atomic mass is 32.2. The molecule has 11 aromatic rings. The smallest absolute Gasteiger partial charge is 0.318 e. The second-order valence-electron chi connectivity index (χ2n) is 25.6. The largest absolute Gasteiger partial charge is 0.378 e. The van der Waals surface area contributed by atoms with E-state index < -0.39 is 20.0 Å². The van der Waals surface area contributed by atoms with E-state index >= 15 is 0 Å². The highest BCUT2D eigenvalue weighted by Crippen LogP contribution is 2.36. The van der Waals surface area contributed by atoms with E-state index in [4.69, 9.17) is 44.1 Å². The fourth-order valence-corrected chi connectivity index (χ4v) is 14.1. The average molecular weight is 1560 g/mol. The summed E-state index contributed by atoms with van der Waals surface area (Å²) in [4.78, 5) is 82.4. The minimum Gasteiger partial charge on any atom is -0.378 e. The minimum absolute atomic E-state index is 0.00758. The van der Waals surface area contributed by atoms with Gasteiger partial charge in [0, 0.05) is 129 Å². The van der Waals surface area contributed by atoms with Gasteiger partial charge in [-0.3, -0.25) is 9.52 Å². The number of rotatable bonds is 19. The lowest BCUT2D eigenvalue weighted by molar-refractivity contribution is -0.111. The van der Waals surface area contributed by atoms with Crippen molar-refractivity contribution in [1.29, 1.82) is 0 Å². The quantitative estimate of drug-likeness (QED) is 0.0352. The Balaban J connectivity index is 0.000000147. The van der Waals surface area contributed by atoms with Gasteiger partial charge in [0.05, 0.1) is 91.8 Å². The lowest BCUT2D eigenvalue weighted by Crippen LogP contribution is -2.38. The molecule has 580 valence electrons. The predicted octanol–water partition coefficient (Wildman–Crippen LogP) is 8.34. The maximum absolute atomic E-state index is 12.2. The molecule has 15 rings (SSSR count). The number of ether oxygens (including phenoxy) is 3. The molecule has 4 saturated heterocycles. The third-order valence-corrected chi connectivity index (χ3v) is 21.0. The van der Waals surface area contributed by atoms with Gasteiger partial charge in [0.1, 0.15) is 17.5 Å². The van der Waals surface area contributed by atoms with Crippen LogP contribution in [0.1, 0.15) is 18.9 Å². The van der Waals surface area contributed by atoms with E-state index in [0.717, 1.165) is 66.8 Å². The van der Waals surface area contributed by atoms with Crippen LogP contribution in [0.5, 0.6) is 0 Å². The molecule has 0 bridgehead atoms. The Labute approximate surface area is 644 Å². The molecule has 7 amide bonds. The number of benzene rings is 5. The van der Waals surface area contributed by atoms with Gasteiger partial charge in [-0.2, -0.15) is 19.6 Å². The molecule has 0 atom stereocenters. The number of piperidine rings is 1. The van der Waals surface area contributed by atoms with Crippen molar-refractivity contribution in [2.24, 2.45) is 0 Å². The van der Waals surface area contributed by atoms with Gasteiger partial charge in [0.15, 0.2) is 34.4 Å². The Morgan fingerprint density at radius 3 is 1.12 bits per heavy atom. The van der Waals surface area contributed by atoms with Crippen molar-refractivity contribution >= 4 is 123 Å². The normalized spacial score (nSPS) is 14.9. The molecule has 6 aromatic heterocycles. The van der Waals surface area contributed by atoms with E-state index in [-0.39, 0.29) is 30.0 Å². The average Bonchev–Trinajstić information content (AvgIpc) is 1.59. The zero-order valence-corrected chi connectivity index (χ0v) is 63.1. The first-order chi connectivity index (χ1) is 54.3. The van der Waals surface area contributed by atoms with Crippen molar-refractivity contribution in [3.63, 3.8) is 0 Å². The molecule has 4 aliphatic rings. The van der Waals surface area contributed by atoms with Crippen LogP contribution in [-0.2, 0) is 39.1 Å². The number of fused-ring (bicyclic) bond motifs is 3. The molecule has 0 saturated carbocycles. The standard InChI is InChI=1S/C26H26N8O3.C25H26N8O4S.C24H30N8O4S/c1-3-22(35)29-18-8-10-20(11-9-18)34-25-21(16-28-34)24(33-12-14-37-15-13-33)31-23(32-25)17-4-6-19(7-5-17)30-26(36)27-2;1-3-38(35,36)31-19-8-10-20(11-9-19)33-24-21(16-27-33)23(32-12-14-37-15-13-32)29-22(30-24)17-4-6-18(7-5-17)28-25(34)26-2;1-3-37(34,35)31-10-8-19(9-11-31)32-23-20(16-26-32)22(30-12-14-36-15-13-30)28-21(29-23)17-4-6-18(7-5-17)27-24(33)25-2/h3-11,16H,1,12-15H2,2H3,(H,29,35)(H2,27,30,36);3-11,16,31H,1,12-15H2,2H3,(H2,26,28,34);3-7,16,19H,1,8-15H2,2H3,(H2,25,27,33). The van der Waals surface area contributed by atoms with Crippen LogP contribution in [0.25, 0.3) is 78.6 Å². The van der Waals surface area contributed by atoms with Crippen molar-refractivity contribution in [3.8, 4) is 45.5 Å². The SMILES string of the molecule is C=CC(=O)Nc1ccc(-n2ncc3c(N4CCOCC4)nc(-c4ccc(NC(=O)NC)cc4)nc32)cc1.C=CS(=O)(=O)N1CCC(n2ncc3c(N4CCOCC4)nc(-c4ccc(NC(=O)NC)cc4)nc32)CC1.C=CS(=O)(=O)Nc1ccc(-n2ncc3c(N4CCOCC4)nc(-c4ccc(NC(=O)NC)cc4)nc32)cc1. The Bertz CT molecular complexity index is 5490. The molecule has 35 nitrogen and oxygen atoms in total. The second-order valence-corrected chi connectivity index (χ2v) is 29.1. The van der Waals surface area contributed by atoms with Gasteiger partial charge in [-0.15, -0.1) is 0 Å². The Morgan fingerprint density at radius 1 is 0.420 bits per heavy atom. The molecule has 0 spiro atoms. The van der Waals surface area contributed by atoms with Gasteiger partial charge in [-0.25, -0.2) is 75.2 Å². The van der Waals surface area contributed by atoms with Gasteiger partial charge in [0.2, 0.25) is 15.9 Å². The number of hydrogen-bond donors (Lipinski definition) is 8. The van der Waals surface area contributed by atoms with Gasteiger partial charge in [-0.1, -0.05) is 19.7 Å². The number of morpholine rings is 3. The third-order valence-electron chi connectivity index (χ3n) is 18.6. The molecule has 5 aromatic carbocycles. The summed E-state index contributed by atoms with van der Waals surface area (Å²) in [6.45, 7) is 18.9. The zero-order valence-electron chi connectivity index (χ0n) is 61.5. The third kappa shape index (κ3) is 18.1. The lowest BCUT2D eigenvalue weighted by atomic mass is 10.1. The Morgan fingerprint density at radius 2 is 0.759 bits per heavy atom. The number of carbonyl (C=O) groups excluding carboxylic acids is 4. The number of urea groups is 3. The number of carbonyl (C=O) groups is 4. The molecule has 4 fully saturated rings. The van der Waals surface area contributed by atoms with Crippen molar-refractivity contribution in [1.82, 2.24) is 79.5 Å². The van der Waals surface area contributed by atoms with Crippen LogP contribution in [-0.4, -0.2) is 218 Å². The maximum Gasteiger partial charge on any atom is 0.318 e. The van der Waals surface area contributed by atoms with Crippen LogP contribution in [0.2, 0.25) is 0 Å². The van der Waals surface area contributed by atoms with Crippen LogP contribution in [0.15, 0.2) is 177 Å². The fourth-order valence-electron chi connectivity index (χ4n) is 12.7. The molecule has 0 unspecified atom stereocenters. The van der Waals surface area contributed by atoms with E-state index in [9.17, 15) is 36.0 Å². The predicted molar refractivity (Wildman–Crippen MR) is 429 cm³/mol. The summed E-state index contributed by atoms with van der Waals surface area (Å²) in [5, 5.41) is 36.8. The van der Waals surface area contributed by atoms with Gasteiger partial charge in [-0.05, 0) is 140 Å². The number of amides is 7. The number of nitrogens with one attached hydrogen (secondary N) is 8. The minimum atomic E-state index is -3.61. The van der Waals surface area contributed by atoms with Crippen LogP contribution in [0.4, 0.5) is 60.3 Å². The van der Waals surface area contributed by atoms with E-state index in [1.54, 1.807) is 122 Å². The highest BCUT2D eigenvalue weighted by Gasteiger charge is 2.31. The van der Waals surface area contributed by atoms with Crippen LogP contribution in [0.3, 0.4) is 0 Å². The molecule has 8 N–H and O–H groups in total. The number of anilines is 8. The molecule has 37 heteroatoms. The molecular formula is C75H82N24O11S2. The molecule has 112 heavy (non-hydrogen) atoms. The van der Waals surface area contributed by atoms with Crippen molar-refractivity contribution < 1.29 is 50.2 Å². The van der Waals surface area contributed by atoms with Crippen molar-refractivity contribution in [3.05, 3.63) is 177 Å². The van der Waals surface area contributed by atoms with Gasteiger partial charge >= 0.3 is 18.1 Å². The molecule has 0 aliphatic carbocycles. The van der Waals surface area contributed by atoms with E-state index in [1.165, 1.54) is 10.4 Å². The van der Waals surface area contributed by atoms with Gasteiger partial charge < -0.3 is 66.1 Å². The summed E-state index contributed by atoms with van der Waals surface area (Å²) >= 11 is 0. The topological polar surface area (TPSA) is 404 Å². The molecule has 10 heterocycles.